The van der Waals surface area contributed by atoms with E-state index in [4.69, 9.17) is 26.7 Å². The van der Waals surface area contributed by atoms with E-state index in [-0.39, 0.29) is 5.69 Å². The highest BCUT2D eigenvalue weighted by Gasteiger charge is 2.14. The zero-order chi connectivity index (χ0) is 29.5. The molecule has 0 aliphatic heterocycles. The standard InChI is InChI=1S/C16H13N3O3.C16H15N3O/c17-16-9-11(7-8-18-16)10-22-15-6-5-14(19(20)21)12-3-1-2-4-13(12)15;17-14-5-6-15(13-4-2-1-3-12(13)14)20-10-11-7-8-19-16(18)9-11/h1-9H,10H2,(H2,17,18);1-9H,10,17H2,(H2,18,19). The third kappa shape index (κ3) is 6.45. The number of hydrogen-bond donors (Lipinski definition) is 3. The van der Waals surface area contributed by atoms with Gasteiger partial charge in [-0.1, -0.05) is 42.5 Å². The molecule has 0 aliphatic carbocycles. The van der Waals surface area contributed by atoms with Gasteiger partial charge in [-0.2, -0.15) is 0 Å². The summed E-state index contributed by atoms with van der Waals surface area (Å²) in [5.74, 6) is 2.32. The molecule has 0 amide bonds. The molecule has 2 aromatic heterocycles. The van der Waals surface area contributed by atoms with Crippen molar-refractivity contribution in [1.29, 1.82) is 0 Å². The number of nitrogen functional groups attached to an aromatic ring is 3. The summed E-state index contributed by atoms with van der Waals surface area (Å²) in [4.78, 5) is 18.6. The van der Waals surface area contributed by atoms with Crippen molar-refractivity contribution < 1.29 is 14.4 Å². The van der Waals surface area contributed by atoms with Crippen molar-refractivity contribution in [1.82, 2.24) is 9.97 Å². The molecule has 4 aromatic carbocycles. The Morgan fingerprint density at radius 1 is 0.619 bits per heavy atom. The van der Waals surface area contributed by atoms with Gasteiger partial charge in [0.1, 0.15) is 36.3 Å². The van der Waals surface area contributed by atoms with Gasteiger partial charge in [0.2, 0.25) is 0 Å². The molecule has 6 rings (SSSR count). The fraction of sp³-hybridized carbons (Fsp3) is 0.0625. The van der Waals surface area contributed by atoms with Crippen LogP contribution in [0.3, 0.4) is 0 Å². The minimum absolute atomic E-state index is 0.0658. The minimum Gasteiger partial charge on any atom is -0.488 e. The highest BCUT2D eigenvalue weighted by atomic mass is 16.6. The Morgan fingerprint density at radius 3 is 1.62 bits per heavy atom. The molecule has 6 N–H and O–H groups in total. The Hall–Kier alpha value is -5.90. The second-order valence-electron chi connectivity index (χ2n) is 9.34. The molecule has 10 heteroatoms. The molecule has 0 fully saturated rings. The number of nitro groups is 1. The molecule has 42 heavy (non-hydrogen) atoms. The van der Waals surface area contributed by atoms with Gasteiger partial charge in [-0.15, -0.1) is 0 Å². The molecule has 0 aliphatic rings. The molecule has 0 unspecified atom stereocenters. The Bertz CT molecular complexity index is 1880. The van der Waals surface area contributed by atoms with Gasteiger partial charge >= 0.3 is 0 Å². The monoisotopic (exact) mass is 560 g/mol. The average molecular weight is 561 g/mol. The predicted molar refractivity (Wildman–Crippen MR) is 165 cm³/mol. The number of benzene rings is 4. The van der Waals surface area contributed by atoms with Crippen LogP contribution in [0.5, 0.6) is 11.5 Å². The number of hydrogen-bond acceptors (Lipinski definition) is 9. The van der Waals surface area contributed by atoms with E-state index in [2.05, 4.69) is 9.97 Å². The number of nitrogens with zero attached hydrogens (tertiary/aromatic N) is 3. The quantitative estimate of drug-likeness (QED) is 0.116. The molecule has 0 radical (unpaired) electrons. The number of aromatic nitrogens is 2. The van der Waals surface area contributed by atoms with Crippen LogP contribution in [-0.4, -0.2) is 14.9 Å². The van der Waals surface area contributed by atoms with Crippen LogP contribution in [0, 0.1) is 10.1 Å². The molecule has 10 nitrogen and oxygen atoms in total. The summed E-state index contributed by atoms with van der Waals surface area (Å²) >= 11 is 0. The van der Waals surface area contributed by atoms with E-state index < -0.39 is 4.92 Å². The number of non-ortho nitro benzene ring substituents is 1. The third-order valence-electron chi connectivity index (χ3n) is 6.46. The van der Waals surface area contributed by atoms with Gasteiger partial charge < -0.3 is 26.7 Å². The fourth-order valence-electron chi connectivity index (χ4n) is 4.45. The van der Waals surface area contributed by atoms with Crippen molar-refractivity contribution in [2.45, 2.75) is 13.2 Å². The first-order valence-electron chi connectivity index (χ1n) is 13.0. The molecule has 2 heterocycles. The van der Waals surface area contributed by atoms with Crippen LogP contribution in [0.25, 0.3) is 21.5 Å². The van der Waals surface area contributed by atoms with Crippen molar-refractivity contribution in [2.75, 3.05) is 17.2 Å². The summed E-state index contributed by atoms with van der Waals surface area (Å²) in [6.45, 7) is 0.759. The highest BCUT2D eigenvalue weighted by molar-refractivity contribution is 5.97. The van der Waals surface area contributed by atoms with Crippen LogP contribution in [0.15, 0.2) is 109 Å². The Balaban J connectivity index is 0.000000169. The lowest BCUT2D eigenvalue weighted by molar-refractivity contribution is -0.383. The van der Waals surface area contributed by atoms with Gasteiger partial charge in [0, 0.05) is 40.3 Å². The maximum atomic E-state index is 11.1. The third-order valence-corrected chi connectivity index (χ3v) is 6.46. The maximum absolute atomic E-state index is 11.1. The van der Waals surface area contributed by atoms with Crippen LogP contribution in [-0.2, 0) is 13.2 Å². The van der Waals surface area contributed by atoms with Gasteiger partial charge in [0.05, 0.1) is 10.3 Å². The number of fused-ring (bicyclic) bond motifs is 2. The van der Waals surface area contributed by atoms with Gasteiger partial charge in [-0.05, 0) is 59.7 Å². The Morgan fingerprint density at radius 2 is 1.10 bits per heavy atom. The van der Waals surface area contributed by atoms with E-state index in [1.807, 2.05) is 54.6 Å². The zero-order valence-electron chi connectivity index (χ0n) is 22.5. The smallest absolute Gasteiger partial charge is 0.277 e. The summed E-state index contributed by atoms with van der Waals surface area (Å²) in [5, 5.41) is 14.4. The zero-order valence-corrected chi connectivity index (χ0v) is 22.5. The van der Waals surface area contributed by atoms with E-state index in [0.717, 1.165) is 33.3 Å². The van der Waals surface area contributed by atoms with Gasteiger partial charge in [0.25, 0.3) is 5.69 Å². The molecule has 0 saturated carbocycles. The molecular weight excluding hydrogens is 532 g/mol. The number of ether oxygens (including phenoxy) is 2. The van der Waals surface area contributed by atoms with E-state index in [1.54, 1.807) is 48.8 Å². The molecule has 0 saturated heterocycles. The van der Waals surface area contributed by atoms with Crippen molar-refractivity contribution >= 4 is 44.6 Å². The van der Waals surface area contributed by atoms with E-state index in [0.29, 0.717) is 41.4 Å². The first kappa shape index (κ1) is 27.7. The summed E-state index contributed by atoms with van der Waals surface area (Å²) in [6, 6.07) is 29.1. The number of nitro benzene ring substituents is 1. The van der Waals surface area contributed by atoms with Crippen LogP contribution >= 0.6 is 0 Å². The average Bonchev–Trinajstić information content (AvgIpc) is 3.00. The van der Waals surface area contributed by atoms with Crippen molar-refractivity contribution in [3.63, 3.8) is 0 Å². The molecule has 210 valence electrons. The van der Waals surface area contributed by atoms with Crippen LogP contribution in [0.1, 0.15) is 11.1 Å². The van der Waals surface area contributed by atoms with Gasteiger partial charge in [-0.3, -0.25) is 10.1 Å². The summed E-state index contributed by atoms with van der Waals surface area (Å²) in [7, 11) is 0. The highest BCUT2D eigenvalue weighted by Crippen LogP contribution is 2.33. The minimum atomic E-state index is -0.393. The van der Waals surface area contributed by atoms with Crippen LogP contribution < -0.4 is 26.7 Å². The first-order chi connectivity index (χ1) is 20.4. The molecule has 6 aromatic rings. The van der Waals surface area contributed by atoms with E-state index in [9.17, 15) is 10.1 Å². The number of nitrogens with two attached hydrogens (primary N) is 3. The fourth-order valence-corrected chi connectivity index (χ4v) is 4.45. The summed E-state index contributed by atoms with van der Waals surface area (Å²) in [5.41, 5.74) is 19.9. The number of pyridine rings is 2. The molecular formula is C32H28N6O4. The lowest BCUT2D eigenvalue weighted by atomic mass is 10.1. The van der Waals surface area contributed by atoms with Gasteiger partial charge in [0.15, 0.2) is 0 Å². The summed E-state index contributed by atoms with van der Waals surface area (Å²) in [6.07, 6.45) is 3.29. The lowest BCUT2D eigenvalue weighted by Crippen LogP contribution is -1.99. The second kappa shape index (κ2) is 12.5. The first-order valence-corrected chi connectivity index (χ1v) is 13.0. The Kier molecular flexibility index (Phi) is 8.24. The maximum Gasteiger partial charge on any atom is 0.277 e. The topological polar surface area (TPSA) is 165 Å². The number of anilines is 3. The lowest BCUT2D eigenvalue weighted by Gasteiger charge is -2.11. The Labute approximate surface area is 241 Å². The van der Waals surface area contributed by atoms with E-state index >= 15 is 0 Å². The summed E-state index contributed by atoms with van der Waals surface area (Å²) < 4.78 is 11.7. The normalized spacial score (nSPS) is 10.6. The molecule has 0 spiro atoms. The SMILES string of the molecule is Nc1cc(COc2ccc(N)c3ccccc23)ccn1.Nc1cc(COc2ccc([N+](=O)[O-])c3ccccc23)ccn1. The van der Waals surface area contributed by atoms with Crippen LogP contribution in [0.4, 0.5) is 23.0 Å². The van der Waals surface area contributed by atoms with Crippen molar-refractivity contribution in [2.24, 2.45) is 0 Å². The molecule has 0 atom stereocenters. The van der Waals surface area contributed by atoms with Crippen molar-refractivity contribution in [3.05, 3.63) is 131 Å². The number of rotatable bonds is 7. The molecule has 0 bridgehead atoms. The second-order valence-corrected chi connectivity index (χ2v) is 9.34. The van der Waals surface area contributed by atoms with Crippen LogP contribution in [0.2, 0.25) is 0 Å². The van der Waals surface area contributed by atoms with E-state index in [1.165, 1.54) is 6.07 Å². The van der Waals surface area contributed by atoms with Gasteiger partial charge in [-0.25, -0.2) is 9.97 Å². The van der Waals surface area contributed by atoms with Crippen molar-refractivity contribution in [3.8, 4) is 11.5 Å². The predicted octanol–water partition coefficient (Wildman–Crippen LogP) is 6.28. The largest absolute Gasteiger partial charge is 0.488 e.